The van der Waals surface area contributed by atoms with Gasteiger partial charge in [0.15, 0.2) is 11.5 Å². The fraction of sp³-hybridized carbons (Fsp3) is 0.190. The minimum atomic E-state index is -0.316. The van der Waals surface area contributed by atoms with Gasteiger partial charge in [0, 0.05) is 11.3 Å². The zero-order valence-electron chi connectivity index (χ0n) is 16.3. The lowest BCUT2D eigenvalue weighted by atomic mass is 10.1. The number of methoxy groups -OCH3 is 1. The maximum atomic E-state index is 12.3. The number of nitrogens with one attached hydrogen (secondary N) is 1. The molecule has 150 valence electrons. The van der Waals surface area contributed by atoms with Gasteiger partial charge in [-0.15, -0.1) is 0 Å². The SMILES string of the molecule is COc1cc(C=NNC(=O)c2ccc(Cn3nc(C)cc3C)cc2)cc(Br)c1O. The number of halogens is 1. The van der Waals surface area contributed by atoms with Crippen molar-refractivity contribution in [2.45, 2.75) is 20.4 Å². The number of aryl methyl sites for hydroxylation is 2. The summed E-state index contributed by atoms with van der Waals surface area (Å²) >= 11 is 3.25. The molecule has 0 aliphatic heterocycles. The van der Waals surface area contributed by atoms with Crippen LogP contribution in [0.15, 0.2) is 52.0 Å². The van der Waals surface area contributed by atoms with Crippen molar-refractivity contribution in [3.63, 3.8) is 0 Å². The van der Waals surface area contributed by atoms with Crippen molar-refractivity contribution in [1.29, 1.82) is 0 Å². The number of hydrogen-bond donors (Lipinski definition) is 2. The molecule has 0 aliphatic rings. The Balaban J connectivity index is 1.63. The second-order valence-corrected chi connectivity index (χ2v) is 7.39. The summed E-state index contributed by atoms with van der Waals surface area (Å²) in [5, 5.41) is 18.2. The van der Waals surface area contributed by atoms with E-state index in [9.17, 15) is 9.90 Å². The van der Waals surface area contributed by atoms with Gasteiger partial charge in [0.2, 0.25) is 0 Å². The molecule has 2 N–H and O–H groups in total. The lowest BCUT2D eigenvalue weighted by Gasteiger charge is -2.07. The minimum Gasteiger partial charge on any atom is -0.503 e. The molecule has 0 saturated heterocycles. The minimum absolute atomic E-state index is 0.00856. The zero-order chi connectivity index (χ0) is 21.0. The van der Waals surface area contributed by atoms with Crippen molar-refractivity contribution in [1.82, 2.24) is 15.2 Å². The third kappa shape index (κ3) is 5.03. The molecule has 0 atom stereocenters. The molecule has 0 radical (unpaired) electrons. The van der Waals surface area contributed by atoms with Gasteiger partial charge >= 0.3 is 0 Å². The quantitative estimate of drug-likeness (QED) is 0.436. The van der Waals surface area contributed by atoms with Crippen LogP contribution in [0.1, 0.15) is 32.9 Å². The maximum absolute atomic E-state index is 12.3. The molecule has 0 fully saturated rings. The molecule has 3 aromatic rings. The van der Waals surface area contributed by atoms with Gasteiger partial charge in [-0.25, -0.2) is 5.43 Å². The lowest BCUT2D eigenvalue weighted by Crippen LogP contribution is -2.17. The average Bonchev–Trinajstić information content (AvgIpc) is 3.01. The number of aromatic nitrogens is 2. The molecule has 0 unspecified atom stereocenters. The number of carbonyl (C=O) groups is 1. The maximum Gasteiger partial charge on any atom is 0.271 e. The zero-order valence-corrected chi connectivity index (χ0v) is 17.9. The molecular weight excluding hydrogens is 436 g/mol. The predicted octanol–water partition coefficient (Wildman–Crippen LogP) is 3.79. The van der Waals surface area contributed by atoms with E-state index in [1.165, 1.54) is 13.3 Å². The Labute approximate surface area is 177 Å². The van der Waals surface area contributed by atoms with E-state index in [0.29, 0.717) is 27.9 Å². The topological polar surface area (TPSA) is 88.7 Å². The van der Waals surface area contributed by atoms with Crippen molar-refractivity contribution in [2.75, 3.05) is 7.11 Å². The normalized spacial score (nSPS) is 11.0. The van der Waals surface area contributed by atoms with Crippen LogP contribution in [-0.4, -0.2) is 34.1 Å². The van der Waals surface area contributed by atoms with Gasteiger partial charge < -0.3 is 9.84 Å². The first kappa shape index (κ1) is 20.6. The van der Waals surface area contributed by atoms with Crippen LogP contribution >= 0.6 is 15.9 Å². The first-order valence-electron chi connectivity index (χ1n) is 8.87. The summed E-state index contributed by atoms with van der Waals surface area (Å²) in [6, 6.07) is 12.6. The van der Waals surface area contributed by atoms with Crippen LogP contribution in [0, 0.1) is 13.8 Å². The van der Waals surface area contributed by atoms with E-state index in [1.807, 2.05) is 36.7 Å². The van der Waals surface area contributed by atoms with Crippen molar-refractivity contribution < 1.29 is 14.6 Å². The molecule has 3 rings (SSSR count). The van der Waals surface area contributed by atoms with Crippen molar-refractivity contribution in [3.8, 4) is 11.5 Å². The highest BCUT2D eigenvalue weighted by atomic mass is 79.9. The van der Waals surface area contributed by atoms with Crippen molar-refractivity contribution in [2.24, 2.45) is 5.10 Å². The Morgan fingerprint density at radius 3 is 2.62 bits per heavy atom. The van der Waals surface area contributed by atoms with Gasteiger partial charge in [0.25, 0.3) is 5.91 Å². The molecule has 1 amide bonds. The van der Waals surface area contributed by atoms with E-state index in [2.05, 4.69) is 31.6 Å². The number of rotatable bonds is 6. The Morgan fingerprint density at radius 1 is 1.28 bits per heavy atom. The molecule has 29 heavy (non-hydrogen) atoms. The van der Waals surface area contributed by atoms with E-state index in [0.717, 1.165) is 17.0 Å². The highest BCUT2D eigenvalue weighted by Crippen LogP contribution is 2.34. The Kier molecular flexibility index (Phi) is 6.33. The summed E-state index contributed by atoms with van der Waals surface area (Å²) in [4.78, 5) is 12.3. The monoisotopic (exact) mass is 456 g/mol. The molecule has 0 saturated carbocycles. The molecule has 0 aliphatic carbocycles. The molecule has 1 heterocycles. The average molecular weight is 457 g/mol. The first-order valence-corrected chi connectivity index (χ1v) is 9.66. The molecule has 2 aromatic carbocycles. The van der Waals surface area contributed by atoms with Crippen molar-refractivity contribution in [3.05, 3.63) is 75.0 Å². The number of hydrazone groups is 1. The van der Waals surface area contributed by atoms with E-state index in [4.69, 9.17) is 4.74 Å². The summed E-state index contributed by atoms with van der Waals surface area (Å²) in [6.45, 7) is 4.63. The summed E-state index contributed by atoms with van der Waals surface area (Å²) in [6.07, 6.45) is 1.47. The number of aromatic hydroxyl groups is 1. The van der Waals surface area contributed by atoms with E-state index < -0.39 is 0 Å². The number of carbonyl (C=O) groups excluding carboxylic acids is 1. The highest BCUT2D eigenvalue weighted by Gasteiger charge is 2.08. The Morgan fingerprint density at radius 2 is 2.00 bits per heavy atom. The van der Waals surface area contributed by atoms with E-state index in [1.54, 1.807) is 24.3 Å². The molecule has 0 bridgehead atoms. The largest absolute Gasteiger partial charge is 0.503 e. The fourth-order valence-corrected chi connectivity index (χ4v) is 3.28. The predicted molar refractivity (Wildman–Crippen MR) is 115 cm³/mol. The van der Waals surface area contributed by atoms with Crippen LogP contribution in [0.3, 0.4) is 0 Å². The van der Waals surface area contributed by atoms with Gasteiger partial charge in [-0.3, -0.25) is 9.48 Å². The number of phenolic OH excluding ortho intramolecular Hbond substituents is 1. The van der Waals surface area contributed by atoms with Crippen LogP contribution in [0.2, 0.25) is 0 Å². The summed E-state index contributed by atoms with van der Waals surface area (Å²) in [7, 11) is 1.46. The standard InChI is InChI=1S/C21H21BrN4O3/c1-13-8-14(2)26(25-13)12-15-4-6-17(7-5-15)21(28)24-23-11-16-9-18(22)20(27)19(10-16)29-3/h4-11,27H,12H2,1-3H3,(H,24,28). The number of phenols is 1. The number of hydrogen-bond acceptors (Lipinski definition) is 5. The van der Waals surface area contributed by atoms with Gasteiger partial charge in [0.05, 0.1) is 30.0 Å². The summed E-state index contributed by atoms with van der Waals surface area (Å²) < 4.78 is 7.49. The van der Waals surface area contributed by atoms with E-state index >= 15 is 0 Å². The number of amides is 1. The number of benzene rings is 2. The Bertz CT molecular complexity index is 1060. The van der Waals surface area contributed by atoms with E-state index in [-0.39, 0.29) is 11.7 Å². The van der Waals surface area contributed by atoms with Gasteiger partial charge in [-0.2, -0.15) is 10.2 Å². The molecular formula is C21H21BrN4O3. The highest BCUT2D eigenvalue weighted by molar-refractivity contribution is 9.10. The number of ether oxygens (including phenoxy) is 1. The second kappa shape index (κ2) is 8.91. The van der Waals surface area contributed by atoms with Crippen LogP contribution < -0.4 is 10.2 Å². The van der Waals surface area contributed by atoms with Gasteiger partial charge in [-0.1, -0.05) is 12.1 Å². The fourth-order valence-electron chi connectivity index (χ4n) is 2.82. The Hall–Kier alpha value is -3.13. The van der Waals surface area contributed by atoms with Crippen LogP contribution in [0.5, 0.6) is 11.5 Å². The van der Waals surface area contributed by atoms with Crippen LogP contribution in [0.25, 0.3) is 0 Å². The lowest BCUT2D eigenvalue weighted by molar-refractivity contribution is 0.0955. The van der Waals surface area contributed by atoms with Crippen molar-refractivity contribution >= 4 is 28.1 Å². The molecule has 7 nitrogen and oxygen atoms in total. The number of nitrogens with zero attached hydrogens (tertiary/aromatic N) is 3. The summed E-state index contributed by atoms with van der Waals surface area (Å²) in [5.74, 6) is 0.00307. The smallest absolute Gasteiger partial charge is 0.271 e. The second-order valence-electron chi connectivity index (χ2n) is 6.53. The first-order chi connectivity index (χ1) is 13.9. The molecule has 0 spiro atoms. The van der Waals surface area contributed by atoms with Gasteiger partial charge in [-0.05, 0) is 71.2 Å². The third-order valence-electron chi connectivity index (χ3n) is 4.30. The molecule has 8 heteroatoms. The van der Waals surface area contributed by atoms with Gasteiger partial charge in [0.1, 0.15) is 0 Å². The van der Waals surface area contributed by atoms with Crippen LogP contribution in [-0.2, 0) is 6.54 Å². The molecule has 1 aromatic heterocycles. The summed E-state index contributed by atoms with van der Waals surface area (Å²) in [5.41, 5.74) is 6.79. The van der Waals surface area contributed by atoms with Crippen LogP contribution in [0.4, 0.5) is 0 Å². The third-order valence-corrected chi connectivity index (χ3v) is 4.91.